The van der Waals surface area contributed by atoms with E-state index in [1.54, 1.807) is 0 Å². The molecular weight excluding hydrogens is 268 g/mol. The van der Waals surface area contributed by atoms with Gasteiger partial charge in [0.15, 0.2) is 0 Å². The second kappa shape index (κ2) is 9.05. The molecule has 1 radical (unpaired) electrons. The molecule has 0 saturated carbocycles. The van der Waals surface area contributed by atoms with Gasteiger partial charge >= 0.3 is 0 Å². The highest BCUT2D eigenvalue weighted by atomic mass is 79.9. The van der Waals surface area contributed by atoms with Gasteiger partial charge in [0.2, 0.25) is 0 Å². The van der Waals surface area contributed by atoms with Crippen molar-refractivity contribution in [3.05, 3.63) is 6.92 Å². The van der Waals surface area contributed by atoms with E-state index in [9.17, 15) is 0 Å². The number of halogens is 2. The zero-order chi connectivity index (χ0) is 8.53. The second-order valence-electron chi connectivity index (χ2n) is 2.80. The van der Waals surface area contributed by atoms with E-state index in [-0.39, 0.29) is 0 Å². The normalized spacial score (nSPS) is 10.9. The SMILES string of the molecule is [CH2]CCCCCCCC(Br)Br. The number of hydrogen-bond donors (Lipinski definition) is 0. The summed E-state index contributed by atoms with van der Waals surface area (Å²) in [5, 5.41) is 0. The van der Waals surface area contributed by atoms with Gasteiger partial charge in [0.1, 0.15) is 0 Å². The van der Waals surface area contributed by atoms with Crippen LogP contribution in [0.15, 0.2) is 0 Å². The number of rotatable bonds is 7. The average Bonchev–Trinajstić information content (AvgIpc) is 1.96. The van der Waals surface area contributed by atoms with Gasteiger partial charge in [-0.05, 0) is 6.42 Å². The molecule has 0 aromatic rings. The predicted molar refractivity (Wildman–Crippen MR) is 59.3 cm³/mol. The van der Waals surface area contributed by atoms with E-state index in [4.69, 9.17) is 0 Å². The smallest absolute Gasteiger partial charge is 0.0697 e. The van der Waals surface area contributed by atoms with Crippen LogP contribution in [0, 0.1) is 6.92 Å². The molecule has 0 aliphatic carbocycles. The minimum Gasteiger partial charge on any atom is -0.0765 e. The van der Waals surface area contributed by atoms with Crippen molar-refractivity contribution in [3.8, 4) is 0 Å². The molecular formula is C9H17Br2. The zero-order valence-electron chi connectivity index (χ0n) is 6.99. The van der Waals surface area contributed by atoms with Crippen LogP contribution in [0.1, 0.15) is 44.9 Å². The minimum absolute atomic E-state index is 0.517. The first-order chi connectivity index (χ1) is 5.27. The van der Waals surface area contributed by atoms with Crippen molar-refractivity contribution in [2.24, 2.45) is 0 Å². The van der Waals surface area contributed by atoms with Gasteiger partial charge in [-0.15, -0.1) is 0 Å². The van der Waals surface area contributed by atoms with Crippen LogP contribution in [-0.2, 0) is 0 Å². The van der Waals surface area contributed by atoms with Crippen LogP contribution in [0.3, 0.4) is 0 Å². The highest BCUT2D eigenvalue weighted by Crippen LogP contribution is 2.17. The molecule has 67 valence electrons. The average molecular weight is 285 g/mol. The zero-order valence-corrected chi connectivity index (χ0v) is 10.2. The quantitative estimate of drug-likeness (QED) is 0.471. The highest BCUT2D eigenvalue weighted by Gasteiger charge is 1.96. The molecule has 0 bridgehead atoms. The molecule has 0 N–H and O–H groups in total. The van der Waals surface area contributed by atoms with Gasteiger partial charge < -0.3 is 0 Å². The summed E-state index contributed by atoms with van der Waals surface area (Å²) >= 11 is 6.93. The lowest BCUT2D eigenvalue weighted by Crippen LogP contribution is -1.85. The van der Waals surface area contributed by atoms with Crippen LogP contribution >= 0.6 is 31.9 Å². The molecule has 0 fully saturated rings. The molecule has 0 aromatic carbocycles. The topological polar surface area (TPSA) is 0 Å². The Bertz CT molecular complexity index is 72.0. The van der Waals surface area contributed by atoms with Crippen molar-refractivity contribution in [3.63, 3.8) is 0 Å². The number of unbranched alkanes of at least 4 members (excludes halogenated alkanes) is 5. The Hall–Kier alpha value is 0.960. The third kappa shape index (κ3) is 11.0. The first-order valence-corrected chi connectivity index (χ1v) is 6.18. The second-order valence-corrected chi connectivity index (χ2v) is 6.24. The van der Waals surface area contributed by atoms with Crippen molar-refractivity contribution in [1.82, 2.24) is 0 Å². The van der Waals surface area contributed by atoms with Crippen molar-refractivity contribution < 1.29 is 0 Å². The van der Waals surface area contributed by atoms with Crippen molar-refractivity contribution in [1.29, 1.82) is 0 Å². The van der Waals surface area contributed by atoms with Gasteiger partial charge in [0.25, 0.3) is 0 Å². The Labute approximate surface area is 87.4 Å². The molecule has 0 amide bonds. The van der Waals surface area contributed by atoms with Crippen LogP contribution in [0.25, 0.3) is 0 Å². The fourth-order valence-corrected chi connectivity index (χ4v) is 1.65. The van der Waals surface area contributed by atoms with Crippen molar-refractivity contribution in [2.45, 2.75) is 48.7 Å². The summed E-state index contributed by atoms with van der Waals surface area (Å²) in [4.78, 5) is 0. The monoisotopic (exact) mass is 283 g/mol. The molecule has 11 heavy (non-hydrogen) atoms. The van der Waals surface area contributed by atoms with Gasteiger partial charge in [-0.25, -0.2) is 0 Å². The molecule has 0 rings (SSSR count). The Morgan fingerprint density at radius 3 is 2.00 bits per heavy atom. The van der Waals surface area contributed by atoms with E-state index in [1.807, 2.05) is 0 Å². The molecule has 0 atom stereocenters. The fraction of sp³-hybridized carbons (Fsp3) is 0.889. The van der Waals surface area contributed by atoms with E-state index in [1.165, 1.54) is 38.5 Å². The summed E-state index contributed by atoms with van der Waals surface area (Å²) in [6.07, 6.45) is 9.07. The van der Waals surface area contributed by atoms with Crippen LogP contribution in [-0.4, -0.2) is 3.74 Å². The van der Waals surface area contributed by atoms with Crippen LogP contribution in [0.4, 0.5) is 0 Å². The summed E-state index contributed by atoms with van der Waals surface area (Å²) in [6, 6.07) is 0. The predicted octanol–water partition coefficient (Wildman–Crippen LogP) is 4.67. The fourth-order valence-electron chi connectivity index (χ4n) is 1.01. The molecule has 0 aliphatic heterocycles. The molecule has 0 nitrogen and oxygen atoms in total. The van der Waals surface area contributed by atoms with Gasteiger partial charge in [-0.2, -0.15) is 0 Å². The van der Waals surface area contributed by atoms with E-state index < -0.39 is 0 Å². The molecule has 2 heteroatoms. The Morgan fingerprint density at radius 1 is 0.909 bits per heavy atom. The number of hydrogen-bond acceptors (Lipinski definition) is 0. The maximum absolute atomic E-state index is 3.82. The lowest BCUT2D eigenvalue weighted by molar-refractivity contribution is 0.610. The van der Waals surface area contributed by atoms with E-state index >= 15 is 0 Å². The summed E-state index contributed by atoms with van der Waals surface area (Å²) in [6.45, 7) is 3.82. The molecule has 0 unspecified atom stereocenters. The lowest BCUT2D eigenvalue weighted by Gasteiger charge is -2.00. The van der Waals surface area contributed by atoms with E-state index in [0.29, 0.717) is 3.74 Å². The first kappa shape index (κ1) is 12.0. The van der Waals surface area contributed by atoms with E-state index in [0.717, 1.165) is 6.42 Å². The molecule has 0 spiro atoms. The largest absolute Gasteiger partial charge is 0.0765 e. The van der Waals surface area contributed by atoms with Gasteiger partial charge in [-0.1, -0.05) is 77.3 Å². The Kier molecular flexibility index (Phi) is 9.84. The maximum atomic E-state index is 3.82. The molecule has 0 saturated heterocycles. The summed E-state index contributed by atoms with van der Waals surface area (Å²) in [7, 11) is 0. The summed E-state index contributed by atoms with van der Waals surface area (Å²) in [5.41, 5.74) is 0. The standard InChI is InChI=1S/C9H17Br2/c1-2-3-4-5-6-7-8-9(10)11/h9H,1-8H2. The molecule has 0 aromatic heterocycles. The third-order valence-corrected chi connectivity index (χ3v) is 2.59. The Balaban J connectivity index is 2.80. The lowest BCUT2D eigenvalue weighted by atomic mass is 10.1. The van der Waals surface area contributed by atoms with Gasteiger partial charge in [-0.3, -0.25) is 0 Å². The molecule has 0 aliphatic rings. The van der Waals surface area contributed by atoms with Crippen LogP contribution in [0.5, 0.6) is 0 Å². The number of alkyl halides is 2. The maximum Gasteiger partial charge on any atom is 0.0697 e. The summed E-state index contributed by atoms with van der Waals surface area (Å²) < 4.78 is 0.517. The van der Waals surface area contributed by atoms with Crippen molar-refractivity contribution >= 4 is 31.9 Å². The third-order valence-electron chi connectivity index (χ3n) is 1.67. The van der Waals surface area contributed by atoms with Gasteiger partial charge in [0.05, 0.1) is 3.74 Å². The summed E-state index contributed by atoms with van der Waals surface area (Å²) in [5.74, 6) is 0. The highest BCUT2D eigenvalue weighted by molar-refractivity contribution is 9.24. The molecule has 0 heterocycles. The Morgan fingerprint density at radius 2 is 1.45 bits per heavy atom. The minimum atomic E-state index is 0.517. The van der Waals surface area contributed by atoms with Crippen LogP contribution < -0.4 is 0 Å². The van der Waals surface area contributed by atoms with Crippen LogP contribution in [0.2, 0.25) is 0 Å². The van der Waals surface area contributed by atoms with Crippen molar-refractivity contribution in [2.75, 3.05) is 0 Å². The first-order valence-electron chi connectivity index (χ1n) is 4.34. The van der Waals surface area contributed by atoms with Gasteiger partial charge in [0, 0.05) is 0 Å². The van der Waals surface area contributed by atoms with E-state index in [2.05, 4.69) is 38.8 Å².